The van der Waals surface area contributed by atoms with Gasteiger partial charge in [-0.15, -0.1) is 0 Å². The lowest BCUT2D eigenvalue weighted by molar-refractivity contribution is -0.137. The molecule has 4 N–H and O–H groups in total. The van der Waals surface area contributed by atoms with Crippen molar-refractivity contribution in [2.45, 2.75) is 64.9 Å². The predicted molar refractivity (Wildman–Crippen MR) is 151 cm³/mol. The van der Waals surface area contributed by atoms with Gasteiger partial charge in [-0.3, -0.25) is 24.4 Å². The Morgan fingerprint density at radius 2 is 1.76 bits per heavy atom. The van der Waals surface area contributed by atoms with Crippen molar-refractivity contribution in [3.05, 3.63) is 47.1 Å². The van der Waals surface area contributed by atoms with E-state index in [0.717, 1.165) is 37.0 Å². The molecule has 0 aliphatic carbocycles. The summed E-state index contributed by atoms with van der Waals surface area (Å²) in [5.41, 5.74) is 0.626. The summed E-state index contributed by atoms with van der Waals surface area (Å²) in [7, 11) is -10.4. The maximum atomic E-state index is 13.3. The Hall–Kier alpha value is -2.99. The average molecular weight is 631 g/mol. The van der Waals surface area contributed by atoms with Gasteiger partial charge in [0.25, 0.3) is 5.91 Å². The summed E-state index contributed by atoms with van der Waals surface area (Å²) >= 11 is 0. The minimum atomic E-state index is -5.26. The normalized spacial score (nSPS) is 20.2. The standard InChI is InChI=1S/C26H36N2O12P2/c1-18-9-5-3-6-10-19(2)38-26(30)25-20(15-22(39-41(31,32)33)16-23(25)40-42(34,35)36)14-21(13-18)27-37-17-24(29)28-11-7-4-8-12-28/h3,6,13,15-16,19H,4-5,7-12,14,17H2,1-2H3,(H2,31,32,33)(H2,34,35,36)/t19-/m1/s1. The van der Waals surface area contributed by atoms with E-state index in [9.17, 15) is 38.3 Å². The van der Waals surface area contributed by atoms with E-state index in [0.29, 0.717) is 32.4 Å². The third-order valence-corrected chi connectivity index (χ3v) is 7.20. The Morgan fingerprint density at radius 3 is 2.43 bits per heavy atom. The molecule has 0 spiro atoms. The number of cyclic esters (lactones) is 1. The molecule has 0 unspecified atom stereocenters. The maximum Gasteiger partial charge on any atom is 0.524 e. The van der Waals surface area contributed by atoms with Crippen LogP contribution in [0.1, 0.15) is 68.3 Å². The molecular formula is C26H36N2O12P2. The highest BCUT2D eigenvalue weighted by Gasteiger charge is 2.29. The van der Waals surface area contributed by atoms with Gasteiger partial charge in [-0.1, -0.05) is 22.9 Å². The molecule has 2 aliphatic heterocycles. The molecule has 0 aromatic heterocycles. The number of hydrogen-bond donors (Lipinski definition) is 4. The molecule has 1 atom stereocenters. The van der Waals surface area contributed by atoms with E-state index in [1.807, 2.05) is 19.1 Å². The first-order valence-electron chi connectivity index (χ1n) is 13.4. The number of oxime groups is 1. The third kappa shape index (κ3) is 11.4. The number of phosphoric acid groups is 2. The monoisotopic (exact) mass is 630 g/mol. The number of likely N-dealkylation sites (tertiary alicyclic amines) is 1. The van der Waals surface area contributed by atoms with Crippen LogP contribution in [0.5, 0.6) is 11.5 Å². The molecule has 1 fully saturated rings. The number of carbonyl (C=O) groups is 2. The Morgan fingerprint density at radius 1 is 1.07 bits per heavy atom. The Kier molecular flexibility index (Phi) is 11.9. The molecule has 1 aromatic carbocycles. The van der Waals surface area contributed by atoms with Crippen LogP contribution in [-0.4, -0.2) is 67.9 Å². The molecule has 3 rings (SSSR count). The van der Waals surface area contributed by atoms with Crippen LogP contribution in [0.2, 0.25) is 0 Å². The number of hydrogen-bond acceptors (Lipinski definition) is 9. The molecule has 16 heteroatoms. The molecule has 2 heterocycles. The summed E-state index contributed by atoms with van der Waals surface area (Å²) in [5, 5.41) is 4.12. The zero-order chi connectivity index (χ0) is 30.9. The molecule has 1 saturated heterocycles. The zero-order valence-electron chi connectivity index (χ0n) is 23.4. The van der Waals surface area contributed by atoms with E-state index in [1.54, 1.807) is 17.9 Å². The van der Waals surface area contributed by atoms with Gasteiger partial charge in [0, 0.05) is 32.0 Å². The topological polar surface area (TPSA) is 202 Å². The van der Waals surface area contributed by atoms with Crippen molar-refractivity contribution < 1.29 is 56.9 Å². The molecule has 1 aromatic rings. The molecule has 2 aliphatic rings. The Bertz CT molecular complexity index is 1320. The van der Waals surface area contributed by atoms with Crippen molar-refractivity contribution in [3.8, 4) is 11.5 Å². The van der Waals surface area contributed by atoms with Gasteiger partial charge in [0.2, 0.25) is 0 Å². The van der Waals surface area contributed by atoms with E-state index in [1.165, 1.54) is 0 Å². The molecule has 0 saturated carbocycles. The number of ether oxygens (including phenoxy) is 1. The van der Waals surface area contributed by atoms with Gasteiger partial charge in [-0.2, -0.15) is 0 Å². The number of fused-ring (bicyclic) bond motifs is 1. The van der Waals surface area contributed by atoms with Crippen molar-refractivity contribution in [1.82, 2.24) is 4.90 Å². The Labute approximate surface area is 243 Å². The minimum Gasteiger partial charge on any atom is -0.459 e. The van der Waals surface area contributed by atoms with Crippen molar-refractivity contribution >= 4 is 33.2 Å². The van der Waals surface area contributed by atoms with E-state index in [4.69, 9.17) is 14.1 Å². The number of rotatable bonds is 7. The number of allylic oxidation sites excluding steroid dienone is 3. The molecule has 0 radical (unpaired) electrons. The van der Waals surface area contributed by atoms with Crippen LogP contribution in [0.4, 0.5) is 0 Å². The number of nitrogens with zero attached hydrogens (tertiary/aromatic N) is 2. The fourth-order valence-corrected chi connectivity index (χ4v) is 5.26. The van der Waals surface area contributed by atoms with Crippen molar-refractivity contribution in [1.29, 1.82) is 0 Å². The summed E-state index contributed by atoms with van der Waals surface area (Å²) < 4.78 is 38.3. The van der Waals surface area contributed by atoms with Crippen LogP contribution in [0.15, 0.2) is 41.1 Å². The van der Waals surface area contributed by atoms with Gasteiger partial charge in [0.1, 0.15) is 23.2 Å². The van der Waals surface area contributed by atoms with E-state index >= 15 is 0 Å². The largest absolute Gasteiger partial charge is 0.524 e. The van der Waals surface area contributed by atoms with Crippen LogP contribution in [-0.2, 0) is 29.9 Å². The SMILES string of the molecule is CC1=CC(=NOCC(=O)N2CCCCC2)Cc2cc(OP(=O)(O)O)cc(OP(=O)(O)O)c2C(=O)O[C@H](C)CC=CCC1. The molecular weight excluding hydrogens is 594 g/mol. The number of esters is 1. The van der Waals surface area contributed by atoms with Crippen LogP contribution in [0, 0.1) is 0 Å². The minimum absolute atomic E-state index is 0.0389. The van der Waals surface area contributed by atoms with E-state index < -0.39 is 44.8 Å². The first kappa shape index (κ1) is 33.5. The lowest BCUT2D eigenvalue weighted by Gasteiger charge is -2.26. The van der Waals surface area contributed by atoms with Crippen molar-refractivity contribution in [3.63, 3.8) is 0 Å². The third-order valence-electron chi connectivity index (χ3n) is 6.31. The fourth-order valence-electron chi connectivity index (χ4n) is 4.48. The summed E-state index contributed by atoms with van der Waals surface area (Å²) in [4.78, 5) is 70.8. The second-order valence-corrected chi connectivity index (χ2v) is 12.4. The second-order valence-electron chi connectivity index (χ2n) is 10.0. The van der Waals surface area contributed by atoms with Crippen LogP contribution in [0.25, 0.3) is 0 Å². The first-order valence-corrected chi connectivity index (χ1v) is 16.4. The highest BCUT2D eigenvalue weighted by atomic mass is 31.2. The quantitative estimate of drug-likeness (QED) is 0.147. The first-order chi connectivity index (χ1) is 19.7. The smallest absolute Gasteiger partial charge is 0.459 e. The number of phosphoric ester groups is 2. The molecule has 42 heavy (non-hydrogen) atoms. The maximum absolute atomic E-state index is 13.3. The van der Waals surface area contributed by atoms with Gasteiger partial charge < -0.3 is 23.5 Å². The van der Waals surface area contributed by atoms with E-state index in [-0.39, 0.29) is 30.2 Å². The van der Waals surface area contributed by atoms with Crippen LogP contribution >= 0.6 is 15.6 Å². The molecule has 0 bridgehead atoms. The Balaban J connectivity index is 2.09. The summed E-state index contributed by atoms with van der Waals surface area (Å²) in [6.45, 7) is 4.41. The van der Waals surface area contributed by atoms with Gasteiger partial charge in [0.05, 0.1) is 5.71 Å². The highest BCUT2D eigenvalue weighted by Crippen LogP contribution is 2.45. The number of piperidine rings is 1. The molecule has 232 valence electrons. The lowest BCUT2D eigenvalue weighted by Crippen LogP contribution is -2.37. The summed E-state index contributed by atoms with van der Waals surface area (Å²) in [6, 6.07) is 1.88. The van der Waals surface area contributed by atoms with E-state index in [2.05, 4.69) is 9.68 Å². The van der Waals surface area contributed by atoms with Gasteiger partial charge in [-0.05, 0) is 63.7 Å². The summed E-state index contributed by atoms with van der Waals surface area (Å²) in [5.74, 6) is -2.49. The van der Waals surface area contributed by atoms with Gasteiger partial charge in [0.15, 0.2) is 6.61 Å². The zero-order valence-corrected chi connectivity index (χ0v) is 25.2. The fraction of sp³-hybridized carbons (Fsp3) is 0.500. The van der Waals surface area contributed by atoms with Crippen molar-refractivity contribution in [2.75, 3.05) is 19.7 Å². The van der Waals surface area contributed by atoms with Gasteiger partial charge in [-0.25, -0.2) is 13.9 Å². The van der Waals surface area contributed by atoms with Crippen LogP contribution in [0.3, 0.4) is 0 Å². The van der Waals surface area contributed by atoms with Crippen LogP contribution < -0.4 is 9.05 Å². The number of amides is 1. The average Bonchev–Trinajstić information content (AvgIpc) is 2.86. The predicted octanol–water partition coefficient (Wildman–Crippen LogP) is 3.79. The molecule has 1 amide bonds. The molecule has 14 nitrogen and oxygen atoms in total. The highest BCUT2D eigenvalue weighted by molar-refractivity contribution is 7.47. The number of benzene rings is 1. The number of carbonyl (C=O) groups excluding carboxylic acids is 2. The lowest BCUT2D eigenvalue weighted by atomic mass is 9.98. The van der Waals surface area contributed by atoms with Gasteiger partial charge >= 0.3 is 21.6 Å². The second kappa shape index (κ2) is 15.0. The summed E-state index contributed by atoms with van der Waals surface area (Å²) in [6.07, 6.45) is 9.10. The van der Waals surface area contributed by atoms with Crippen molar-refractivity contribution in [2.24, 2.45) is 5.16 Å².